The Hall–Kier alpha value is -1.97. The molecule has 150 valence electrons. The van der Waals surface area contributed by atoms with Gasteiger partial charge in [0.1, 0.15) is 6.04 Å². The molecule has 3 rings (SSSR count). The summed E-state index contributed by atoms with van der Waals surface area (Å²) in [6.45, 7) is 0.279. The van der Waals surface area contributed by atoms with Gasteiger partial charge in [-0.05, 0) is 25.7 Å². The first-order valence-electron chi connectivity index (χ1n) is 9.43. The van der Waals surface area contributed by atoms with Crippen molar-refractivity contribution in [1.82, 2.24) is 20.9 Å². The summed E-state index contributed by atoms with van der Waals surface area (Å²) in [6, 6.07) is -0.478. The molecule has 4 N–H and O–H groups in total. The van der Waals surface area contributed by atoms with Crippen molar-refractivity contribution in [1.29, 1.82) is 0 Å². The number of hydrogen-bond donors (Lipinski definition) is 4. The number of amides is 4. The van der Waals surface area contributed by atoms with E-state index in [1.54, 1.807) is 0 Å². The first kappa shape index (κ1) is 19.8. The number of unbranched alkanes of at least 4 members (excludes halogenated alkanes) is 1. The van der Waals surface area contributed by atoms with Gasteiger partial charge in [0.25, 0.3) is 0 Å². The molecule has 0 aromatic rings. The summed E-state index contributed by atoms with van der Waals surface area (Å²) in [5, 5.41) is 17.9. The van der Waals surface area contributed by atoms with E-state index in [1.807, 2.05) is 11.8 Å². The number of fused-ring (bicyclic) bond motifs is 1. The molecule has 4 atom stereocenters. The van der Waals surface area contributed by atoms with Crippen LogP contribution in [0.5, 0.6) is 0 Å². The van der Waals surface area contributed by atoms with Crippen LogP contribution in [0.15, 0.2) is 0 Å². The van der Waals surface area contributed by atoms with Gasteiger partial charge in [0.2, 0.25) is 11.8 Å². The minimum absolute atomic E-state index is 0.0949. The van der Waals surface area contributed by atoms with Crippen molar-refractivity contribution in [3.63, 3.8) is 0 Å². The number of carboxylic acid groups (broad SMARTS) is 1. The zero-order chi connectivity index (χ0) is 19.4. The third-order valence-corrected chi connectivity index (χ3v) is 6.88. The highest BCUT2D eigenvalue weighted by molar-refractivity contribution is 8.00. The molecule has 27 heavy (non-hydrogen) atoms. The molecular formula is C17H26N4O5S. The van der Waals surface area contributed by atoms with Gasteiger partial charge < -0.3 is 26.0 Å². The lowest BCUT2D eigenvalue weighted by Crippen LogP contribution is -2.45. The summed E-state index contributed by atoms with van der Waals surface area (Å²) < 4.78 is 0. The first-order chi connectivity index (χ1) is 13.0. The Morgan fingerprint density at radius 3 is 2.85 bits per heavy atom. The highest BCUT2D eigenvalue weighted by atomic mass is 32.2. The molecule has 10 heteroatoms. The largest absolute Gasteiger partial charge is 0.480 e. The summed E-state index contributed by atoms with van der Waals surface area (Å²) in [4.78, 5) is 47.8. The van der Waals surface area contributed by atoms with E-state index in [2.05, 4.69) is 16.0 Å². The number of thioether (sulfide) groups is 1. The van der Waals surface area contributed by atoms with E-state index < -0.39 is 12.0 Å². The average molecular weight is 398 g/mol. The molecule has 3 aliphatic heterocycles. The van der Waals surface area contributed by atoms with Crippen molar-refractivity contribution in [3.05, 3.63) is 0 Å². The molecule has 0 aromatic carbocycles. The average Bonchev–Trinajstić information content (AvgIpc) is 3.32. The van der Waals surface area contributed by atoms with E-state index in [0.29, 0.717) is 31.1 Å². The van der Waals surface area contributed by atoms with Crippen LogP contribution in [-0.2, 0) is 14.4 Å². The Morgan fingerprint density at radius 2 is 2.07 bits per heavy atom. The number of carboxylic acids is 1. The topological polar surface area (TPSA) is 128 Å². The third-order valence-electron chi connectivity index (χ3n) is 5.38. The SMILES string of the molecule is O=C(CCCC[C@@H]1SC[C@@H]2NC(=O)N[C@@H]21)NCC(=O)N1CCC[C@H]1C(=O)O. The maximum atomic E-state index is 12.1. The van der Waals surface area contributed by atoms with Crippen molar-refractivity contribution in [3.8, 4) is 0 Å². The zero-order valence-electron chi connectivity index (χ0n) is 15.1. The van der Waals surface area contributed by atoms with Gasteiger partial charge >= 0.3 is 12.0 Å². The van der Waals surface area contributed by atoms with Crippen molar-refractivity contribution >= 4 is 35.6 Å². The fourth-order valence-corrected chi connectivity index (χ4v) is 5.50. The number of nitrogens with zero attached hydrogens (tertiary/aromatic N) is 1. The maximum absolute atomic E-state index is 12.1. The monoisotopic (exact) mass is 398 g/mol. The number of carbonyl (C=O) groups is 4. The Labute approximate surface area is 162 Å². The van der Waals surface area contributed by atoms with E-state index in [4.69, 9.17) is 5.11 Å². The lowest BCUT2D eigenvalue weighted by molar-refractivity contribution is -0.148. The molecule has 0 bridgehead atoms. The normalized spacial score (nSPS) is 29.2. The Morgan fingerprint density at radius 1 is 1.26 bits per heavy atom. The Balaban J connectivity index is 1.29. The molecule has 3 saturated heterocycles. The van der Waals surface area contributed by atoms with Gasteiger partial charge in [0.15, 0.2) is 0 Å². The van der Waals surface area contributed by atoms with Crippen molar-refractivity contribution < 1.29 is 24.3 Å². The van der Waals surface area contributed by atoms with Crippen LogP contribution in [0.2, 0.25) is 0 Å². The lowest BCUT2D eigenvalue weighted by Gasteiger charge is -2.21. The number of likely N-dealkylation sites (tertiary alicyclic amines) is 1. The van der Waals surface area contributed by atoms with Gasteiger partial charge in [-0.2, -0.15) is 11.8 Å². The summed E-state index contributed by atoms with van der Waals surface area (Å²) >= 11 is 1.85. The molecule has 0 radical (unpaired) electrons. The van der Waals surface area contributed by atoms with Crippen LogP contribution in [0, 0.1) is 0 Å². The molecular weight excluding hydrogens is 372 g/mol. The number of hydrogen-bond acceptors (Lipinski definition) is 5. The fourth-order valence-electron chi connectivity index (χ4n) is 3.96. The standard InChI is InChI=1S/C17H26N4O5S/c22-13(18-8-14(23)21-7-3-4-11(21)16(24)25)6-2-1-5-12-15-10(9-27-12)19-17(26)20-15/h10-12,15H,1-9H2,(H,18,22)(H,24,25)(H2,19,20,26)/t10-,11-,12-,15-/m0/s1. The van der Waals surface area contributed by atoms with E-state index >= 15 is 0 Å². The molecule has 3 heterocycles. The molecule has 3 fully saturated rings. The molecule has 0 unspecified atom stereocenters. The van der Waals surface area contributed by atoms with Gasteiger partial charge in [-0.25, -0.2) is 9.59 Å². The van der Waals surface area contributed by atoms with Crippen molar-refractivity contribution in [2.75, 3.05) is 18.8 Å². The van der Waals surface area contributed by atoms with Crippen molar-refractivity contribution in [2.45, 2.75) is 61.9 Å². The molecule has 4 amide bonds. The van der Waals surface area contributed by atoms with Gasteiger partial charge in [-0.3, -0.25) is 9.59 Å². The van der Waals surface area contributed by atoms with Crippen LogP contribution in [0.25, 0.3) is 0 Å². The van der Waals surface area contributed by atoms with E-state index in [1.165, 1.54) is 4.90 Å². The lowest BCUT2D eigenvalue weighted by atomic mass is 10.0. The molecule has 0 spiro atoms. The second-order valence-electron chi connectivity index (χ2n) is 7.23. The molecule has 3 aliphatic rings. The predicted molar refractivity (Wildman–Crippen MR) is 99.3 cm³/mol. The fraction of sp³-hybridized carbons (Fsp3) is 0.765. The third kappa shape index (κ3) is 4.85. The quantitative estimate of drug-likeness (QED) is 0.334. The van der Waals surface area contributed by atoms with E-state index in [0.717, 1.165) is 25.0 Å². The van der Waals surface area contributed by atoms with Gasteiger partial charge in [-0.1, -0.05) is 6.42 Å². The zero-order valence-corrected chi connectivity index (χ0v) is 15.9. The minimum Gasteiger partial charge on any atom is -0.480 e. The van der Waals surface area contributed by atoms with Crippen LogP contribution in [0.1, 0.15) is 38.5 Å². The molecule has 0 saturated carbocycles. The summed E-state index contributed by atoms with van der Waals surface area (Å²) in [5.41, 5.74) is 0. The summed E-state index contributed by atoms with van der Waals surface area (Å²) in [5.74, 6) is -0.606. The maximum Gasteiger partial charge on any atom is 0.326 e. The van der Waals surface area contributed by atoms with Gasteiger partial charge in [0.05, 0.1) is 18.6 Å². The Bertz CT molecular complexity index is 616. The second-order valence-corrected chi connectivity index (χ2v) is 8.50. The highest BCUT2D eigenvalue weighted by Crippen LogP contribution is 2.33. The van der Waals surface area contributed by atoms with Crippen LogP contribution in [0.4, 0.5) is 4.79 Å². The van der Waals surface area contributed by atoms with Gasteiger partial charge in [-0.15, -0.1) is 0 Å². The van der Waals surface area contributed by atoms with Crippen LogP contribution >= 0.6 is 11.8 Å². The number of aliphatic carboxylic acids is 1. The first-order valence-corrected chi connectivity index (χ1v) is 10.5. The Kier molecular flexibility index (Phi) is 6.46. The molecule has 0 aromatic heterocycles. The van der Waals surface area contributed by atoms with Crippen LogP contribution in [0.3, 0.4) is 0 Å². The molecule has 9 nitrogen and oxygen atoms in total. The van der Waals surface area contributed by atoms with Gasteiger partial charge in [0, 0.05) is 24.0 Å². The highest BCUT2D eigenvalue weighted by Gasteiger charge is 2.42. The van der Waals surface area contributed by atoms with Crippen molar-refractivity contribution in [2.24, 2.45) is 0 Å². The second kappa shape index (κ2) is 8.81. The number of rotatable bonds is 8. The van der Waals surface area contributed by atoms with Crippen LogP contribution in [-0.4, -0.2) is 76.0 Å². The summed E-state index contributed by atoms with van der Waals surface area (Å²) in [7, 11) is 0. The smallest absolute Gasteiger partial charge is 0.326 e. The summed E-state index contributed by atoms with van der Waals surface area (Å²) in [6.07, 6.45) is 4.02. The number of carbonyl (C=O) groups excluding carboxylic acids is 3. The van der Waals surface area contributed by atoms with E-state index in [-0.39, 0.29) is 36.5 Å². The van der Waals surface area contributed by atoms with E-state index in [9.17, 15) is 19.2 Å². The number of nitrogens with one attached hydrogen (secondary N) is 3. The minimum atomic E-state index is -0.993. The van der Waals surface area contributed by atoms with Crippen LogP contribution < -0.4 is 16.0 Å². The molecule has 0 aliphatic carbocycles. The predicted octanol–water partition coefficient (Wildman–Crippen LogP) is -0.0960. The number of urea groups is 1.